The fourth-order valence-electron chi connectivity index (χ4n) is 1.82. The summed E-state index contributed by atoms with van der Waals surface area (Å²) >= 11 is 7.94. The van der Waals surface area contributed by atoms with Crippen LogP contribution in [0.5, 0.6) is 0 Å². The molecule has 0 saturated carbocycles. The lowest BCUT2D eigenvalue weighted by Crippen LogP contribution is -2.15. The van der Waals surface area contributed by atoms with Gasteiger partial charge < -0.3 is 5.32 Å². The average Bonchev–Trinajstić information content (AvgIpc) is 2.49. The van der Waals surface area contributed by atoms with E-state index in [0.29, 0.717) is 14.6 Å². The van der Waals surface area contributed by atoms with E-state index in [4.69, 9.17) is 0 Å². The number of amides is 1. The molecule has 1 amide bonds. The van der Waals surface area contributed by atoms with Gasteiger partial charge in [-0.3, -0.25) is 14.9 Å². The Morgan fingerprint density at radius 3 is 2.43 bits per heavy atom. The van der Waals surface area contributed by atoms with Crippen LogP contribution < -0.4 is 5.32 Å². The van der Waals surface area contributed by atoms with E-state index >= 15 is 0 Å². The van der Waals surface area contributed by atoms with Crippen molar-refractivity contribution in [3.63, 3.8) is 0 Å². The van der Waals surface area contributed by atoms with Crippen molar-refractivity contribution < 1.29 is 9.72 Å². The minimum absolute atomic E-state index is 0.0592. The molecule has 0 spiro atoms. The second-order valence-electron chi connectivity index (χ2n) is 4.64. The smallest absolute Gasteiger partial charge is 0.271 e. The van der Waals surface area contributed by atoms with Gasteiger partial charge in [0.2, 0.25) is 5.91 Å². The molecule has 1 N–H and O–H groups in total. The first kappa shape index (κ1) is 18.0. The van der Waals surface area contributed by atoms with Gasteiger partial charge in [-0.25, -0.2) is 0 Å². The molecule has 2 aromatic carbocycles. The van der Waals surface area contributed by atoms with Crippen molar-refractivity contribution in [2.75, 3.05) is 11.1 Å². The van der Waals surface area contributed by atoms with Crippen LogP contribution in [-0.2, 0) is 4.79 Å². The number of aryl methyl sites for hydroxylation is 1. The lowest BCUT2D eigenvalue weighted by molar-refractivity contribution is -0.385. The molecule has 23 heavy (non-hydrogen) atoms. The van der Waals surface area contributed by atoms with Gasteiger partial charge in [-0.1, -0.05) is 18.2 Å². The predicted octanol–water partition coefficient (Wildman–Crippen LogP) is 5.16. The molecule has 0 radical (unpaired) electrons. The molecule has 0 aliphatic rings. The molecule has 0 fully saturated rings. The number of carbonyl (C=O) groups excluding carboxylic acids is 1. The Bertz CT molecular complexity index is 745. The molecule has 2 rings (SSSR count). The van der Waals surface area contributed by atoms with Crippen molar-refractivity contribution in [1.29, 1.82) is 0 Å². The Morgan fingerprint density at radius 2 is 1.87 bits per heavy atom. The molecular weight excluding hydrogens is 448 g/mol. The van der Waals surface area contributed by atoms with E-state index in [2.05, 4.69) is 37.2 Å². The zero-order valence-electron chi connectivity index (χ0n) is 12.0. The maximum absolute atomic E-state index is 12.1. The number of rotatable bonds is 5. The Labute approximate surface area is 154 Å². The largest absolute Gasteiger partial charge is 0.323 e. The van der Waals surface area contributed by atoms with E-state index in [1.807, 2.05) is 31.2 Å². The van der Waals surface area contributed by atoms with Crippen LogP contribution in [0.4, 0.5) is 11.4 Å². The number of carbonyl (C=O) groups is 1. The lowest BCUT2D eigenvalue weighted by Gasteiger charge is -2.10. The van der Waals surface area contributed by atoms with Gasteiger partial charge in [0.05, 0.1) is 16.4 Å². The van der Waals surface area contributed by atoms with Crippen LogP contribution in [0.1, 0.15) is 5.56 Å². The molecule has 0 bridgehead atoms. The molecule has 0 aliphatic carbocycles. The normalized spacial score (nSPS) is 10.4. The van der Waals surface area contributed by atoms with Crippen molar-refractivity contribution in [2.24, 2.45) is 0 Å². The van der Waals surface area contributed by atoms with Gasteiger partial charge in [0.15, 0.2) is 0 Å². The van der Waals surface area contributed by atoms with E-state index in [1.165, 1.54) is 23.9 Å². The average molecular weight is 460 g/mol. The summed E-state index contributed by atoms with van der Waals surface area (Å²) in [5, 5.41) is 13.6. The van der Waals surface area contributed by atoms with E-state index in [1.54, 1.807) is 0 Å². The number of halogens is 2. The highest BCUT2D eigenvalue weighted by Crippen LogP contribution is 2.35. The molecular formula is C15H12Br2N2O3S. The van der Waals surface area contributed by atoms with Gasteiger partial charge in [-0.05, 0) is 50.4 Å². The Morgan fingerprint density at radius 1 is 1.26 bits per heavy atom. The third-order valence-electron chi connectivity index (χ3n) is 2.95. The standard InChI is InChI=1S/C15H12Br2N2O3S/c1-9-4-2-3-5-13(9)23-8-14(20)18-15-11(16)6-10(19(21)22)7-12(15)17/h2-7H,8H2,1H3,(H,18,20). The summed E-state index contributed by atoms with van der Waals surface area (Å²) in [6, 6.07) is 10.5. The zero-order valence-corrected chi connectivity index (χ0v) is 16.0. The highest BCUT2D eigenvalue weighted by Gasteiger charge is 2.16. The maximum atomic E-state index is 12.1. The molecule has 0 unspecified atom stereocenters. The number of nitrogens with zero attached hydrogens (tertiary/aromatic N) is 1. The Balaban J connectivity index is 2.06. The van der Waals surface area contributed by atoms with Crippen molar-refractivity contribution in [1.82, 2.24) is 0 Å². The van der Waals surface area contributed by atoms with Gasteiger partial charge in [-0.2, -0.15) is 0 Å². The molecule has 0 atom stereocenters. The third-order valence-corrected chi connectivity index (χ3v) is 5.38. The molecule has 0 aliphatic heterocycles. The molecule has 0 heterocycles. The van der Waals surface area contributed by atoms with Crippen LogP contribution in [0.15, 0.2) is 50.2 Å². The molecule has 0 saturated heterocycles. The summed E-state index contributed by atoms with van der Waals surface area (Å²) in [4.78, 5) is 23.5. The number of hydrogen-bond acceptors (Lipinski definition) is 4. The van der Waals surface area contributed by atoms with Crippen LogP contribution in [0.2, 0.25) is 0 Å². The van der Waals surface area contributed by atoms with Crippen molar-refractivity contribution in [3.8, 4) is 0 Å². The number of non-ortho nitro benzene ring substituents is 1. The fourth-order valence-corrected chi connectivity index (χ4v) is 4.01. The van der Waals surface area contributed by atoms with Gasteiger partial charge >= 0.3 is 0 Å². The highest BCUT2D eigenvalue weighted by atomic mass is 79.9. The van der Waals surface area contributed by atoms with Gasteiger partial charge in [0, 0.05) is 26.0 Å². The van der Waals surface area contributed by atoms with Crippen LogP contribution >= 0.6 is 43.6 Å². The quantitative estimate of drug-likeness (QED) is 0.380. The maximum Gasteiger partial charge on any atom is 0.271 e. The first-order chi connectivity index (χ1) is 10.9. The number of hydrogen-bond donors (Lipinski definition) is 1. The summed E-state index contributed by atoms with van der Waals surface area (Å²) in [7, 11) is 0. The molecule has 0 aromatic heterocycles. The summed E-state index contributed by atoms with van der Waals surface area (Å²) < 4.78 is 0.903. The molecule has 8 heteroatoms. The van der Waals surface area contributed by atoms with Crippen LogP contribution in [-0.4, -0.2) is 16.6 Å². The van der Waals surface area contributed by atoms with Crippen LogP contribution in [0, 0.1) is 17.0 Å². The number of nitrogens with one attached hydrogen (secondary N) is 1. The van der Waals surface area contributed by atoms with E-state index in [9.17, 15) is 14.9 Å². The molecule has 5 nitrogen and oxygen atoms in total. The minimum Gasteiger partial charge on any atom is -0.323 e. The second-order valence-corrected chi connectivity index (χ2v) is 7.37. The third kappa shape index (κ3) is 4.79. The van der Waals surface area contributed by atoms with Crippen molar-refractivity contribution in [3.05, 3.63) is 61.0 Å². The van der Waals surface area contributed by atoms with E-state index < -0.39 is 4.92 Å². The topological polar surface area (TPSA) is 72.2 Å². The zero-order chi connectivity index (χ0) is 17.0. The monoisotopic (exact) mass is 458 g/mol. The number of benzene rings is 2. The second kappa shape index (κ2) is 7.94. The molecule has 2 aromatic rings. The van der Waals surface area contributed by atoms with E-state index in [-0.39, 0.29) is 17.3 Å². The minimum atomic E-state index is -0.491. The number of nitro benzene ring substituents is 1. The first-order valence-corrected chi connectivity index (χ1v) is 9.07. The van der Waals surface area contributed by atoms with Crippen molar-refractivity contribution >= 4 is 60.9 Å². The summed E-state index contributed by atoms with van der Waals surface area (Å²) in [5.74, 6) is 0.0641. The van der Waals surface area contributed by atoms with Gasteiger partial charge in [-0.15, -0.1) is 11.8 Å². The number of anilines is 1. The Kier molecular flexibility index (Phi) is 6.20. The summed E-state index contributed by atoms with van der Waals surface area (Å²) in [6.45, 7) is 1.99. The van der Waals surface area contributed by atoms with Gasteiger partial charge in [0.25, 0.3) is 5.69 Å². The number of thioether (sulfide) groups is 1. The first-order valence-electron chi connectivity index (χ1n) is 6.50. The lowest BCUT2D eigenvalue weighted by atomic mass is 10.2. The van der Waals surface area contributed by atoms with Crippen molar-refractivity contribution in [2.45, 2.75) is 11.8 Å². The summed E-state index contributed by atoms with van der Waals surface area (Å²) in [5.41, 5.74) is 1.53. The highest BCUT2D eigenvalue weighted by molar-refractivity contribution is 9.11. The molecule has 120 valence electrons. The van der Waals surface area contributed by atoms with Gasteiger partial charge in [0.1, 0.15) is 0 Å². The van der Waals surface area contributed by atoms with E-state index in [0.717, 1.165) is 10.5 Å². The summed E-state index contributed by atoms with van der Waals surface area (Å²) in [6.07, 6.45) is 0. The predicted molar refractivity (Wildman–Crippen MR) is 99.0 cm³/mol. The Hall–Kier alpha value is -1.38. The van der Waals surface area contributed by atoms with Crippen LogP contribution in [0.25, 0.3) is 0 Å². The SMILES string of the molecule is Cc1ccccc1SCC(=O)Nc1c(Br)cc([N+](=O)[O-])cc1Br. The number of nitro groups is 1. The fraction of sp³-hybridized carbons (Fsp3) is 0.133. The van der Waals surface area contributed by atoms with Crippen LogP contribution in [0.3, 0.4) is 0 Å².